The Balaban J connectivity index is 1.54. The van der Waals surface area contributed by atoms with Gasteiger partial charge in [-0.25, -0.2) is 4.90 Å². The van der Waals surface area contributed by atoms with Crippen molar-refractivity contribution in [3.8, 4) is 11.5 Å². The van der Waals surface area contributed by atoms with Gasteiger partial charge in [-0.1, -0.05) is 0 Å². The predicted molar refractivity (Wildman–Crippen MR) is 130 cm³/mol. The molecule has 0 spiro atoms. The van der Waals surface area contributed by atoms with E-state index in [1.54, 1.807) is 42.5 Å². The fraction of sp³-hybridized carbons (Fsp3) is 0.222. The summed E-state index contributed by atoms with van der Waals surface area (Å²) in [6.45, 7) is 8.17. The number of imide groups is 1. The number of amides is 3. The topological polar surface area (TPSA) is 84.9 Å². The molecule has 0 aromatic heterocycles. The summed E-state index contributed by atoms with van der Waals surface area (Å²) in [5.41, 5.74) is 2.68. The Kier molecular flexibility index (Phi) is 6.36. The molecule has 3 amide bonds. The van der Waals surface area contributed by atoms with Gasteiger partial charge in [0.2, 0.25) is 0 Å². The number of nitrogens with one attached hydrogen (secondary N) is 1. The zero-order chi connectivity index (χ0) is 24.4. The highest BCUT2D eigenvalue weighted by molar-refractivity contribution is 6.34. The van der Waals surface area contributed by atoms with Crippen LogP contribution in [0, 0.1) is 6.92 Å². The van der Waals surface area contributed by atoms with Crippen molar-refractivity contribution < 1.29 is 23.9 Å². The van der Waals surface area contributed by atoms with Crippen LogP contribution >= 0.6 is 0 Å². The van der Waals surface area contributed by atoms with Crippen molar-refractivity contribution in [3.63, 3.8) is 0 Å². The van der Waals surface area contributed by atoms with Crippen molar-refractivity contribution in [2.75, 3.05) is 16.8 Å². The van der Waals surface area contributed by atoms with Gasteiger partial charge in [-0.15, -0.1) is 0 Å². The second-order valence-corrected chi connectivity index (χ2v) is 8.23. The lowest BCUT2D eigenvalue weighted by Crippen LogP contribution is -2.29. The molecule has 0 unspecified atom stereocenters. The average Bonchev–Trinajstić information content (AvgIpc) is 3.05. The van der Waals surface area contributed by atoms with Crippen LogP contribution in [0.5, 0.6) is 11.5 Å². The number of anilines is 2. The molecule has 1 aliphatic heterocycles. The molecule has 174 valence electrons. The first-order valence-electron chi connectivity index (χ1n) is 11.1. The Hall–Kier alpha value is -4.13. The Morgan fingerprint density at radius 2 is 1.59 bits per heavy atom. The second-order valence-electron chi connectivity index (χ2n) is 8.23. The molecule has 7 nitrogen and oxygen atoms in total. The van der Waals surface area contributed by atoms with Crippen molar-refractivity contribution in [1.82, 2.24) is 0 Å². The minimum atomic E-state index is -0.467. The first kappa shape index (κ1) is 23.0. The third kappa shape index (κ3) is 4.50. The summed E-state index contributed by atoms with van der Waals surface area (Å²) >= 11 is 0. The summed E-state index contributed by atoms with van der Waals surface area (Å²) in [4.78, 5) is 40.0. The van der Waals surface area contributed by atoms with E-state index in [4.69, 9.17) is 9.47 Å². The molecule has 3 aromatic rings. The summed E-state index contributed by atoms with van der Waals surface area (Å²) in [5.74, 6) is 0.114. The van der Waals surface area contributed by atoms with Crippen LogP contribution in [0.25, 0.3) is 0 Å². The smallest absolute Gasteiger partial charge is 0.266 e. The zero-order valence-electron chi connectivity index (χ0n) is 19.5. The molecule has 0 saturated carbocycles. The number of aryl methyl sites for hydroxylation is 1. The van der Waals surface area contributed by atoms with Crippen LogP contribution in [-0.2, 0) is 0 Å². The van der Waals surface area contributed by atoms with Gasteiger partial charge in [-0.2, -0.15) is 0 Å². The number of ether oxygens (including phenoxy) is 2. The summed E-state index contributed by atoms with van der Waals surface area (Å²) in [6.07, 6.45) is 0.0497. The molecule has 1 N–H and O–H groups in total. The van der Waals surface area contributed by atoms with Crippen LogP contribution in [0.3, 0.4) is 0 Å². The molecule has 1 aliphatic rings. The van der Waals surface area contributed by atoms with E-state index in [-0.39, 0.29) is 28.7 Å². The Labute approximate surface area is 198 Å². The van der Waals surface area contributed by atoms with Crippen molar-refractivity contribution in [2.24, 2.45) is 0 Å². The van der Waals surface area contributed by atoms with E-state index in [0.717, 1.165) is 16.2 Å². The van der Waals surface area contributed by atoms with Gasteiger partial charge < -0.3 is 14.8 Å². The van der Waals surface area contributed by atoms with Gasteiger partial charge in [0.25, 0.3) is 17.7 Å². The maximum Gasteiger partial charge on any atom is 0.266 e. The van der Waals surface area contributed by atoms with E-state index in [1.807, 2.05) is 33.8 Å². The SMILES string of the molecule is CCOc1ccc(N2C(=O)c3ccc(C(=O)Nc4ccc(OC(C)C)cc4C)cc3C2=O)cc1. The number of hydrogen-bond donors (Lipinski definition) is 1. The van der Waals surface area contributed by atoms with E-state index in [1.165, 1.54) is 12.1 Å². The lowest BCUT2D eigenvalue weighted by Gasteiger charge is -2.14. The van der Waals surface area contributed by atoms with Crippen molar-refractivity contribution in [1.29, 1.82) is 0 Å². The summed E-state index contributed by atoms with van der Waals surface area (Å²) in [6, 6.07) is 16.7. The summed E-state index contributed by atoms with van der Waals surface area (Å²) < 4.78 is 11.1. The van der Waals surface area contributed by atoms with E-state index < -0.39 is 11.8 Å². The predicted octanol–water partition coefficient (Wildman–Crippen LogP) is 5.23. The van der Waals surface area contributed by atoms with Gasteiger partial charge in [-0.3, -0.25) is 14.4 Å². The quantitative estimate of drug-likeness (QED) is 0.490. The Morgan fingerprint density at radius 1 is 0.912 bits per heavy atom. The Morgan fingerprint density at radius 3 is 2.24 bits per heavy atom. The fourth-order valence-corrected chi connectivity index (χ4v) is 3.79. The first-order valence-corrected chi connectivity index (χ1v) is 11.1. The minimum absolute atomic E-state index is 0.0497. The summed E-state index contributed by atoms with van der Waals surface area (Å²) in [7, 11) is 0. The molecule has 0 saturated heterocycles. The number of hydrogen-bond acceptors (Lipinski definition) is 5. The van der Waals surface area contributed by atoms with Crippen molar-refractivity contribution in [2.45, 2.75) is 33.8 Å². The molecule has 0 radical (unpaired) electrons. The number of carbonyl (C=O) groups excluding carboxylic acids is 3. The molecule has 0 aliphatic carbocycles. The highest BCUT2D eigenvalue weighted by Crippen LogP contribution is 2.31. The molecule has 3 aromatic carbocycles. The largest absolute Gasteiger partial charge is 0.494 e. The molecule has 0 bridgehead atoms. The second kappa shape index (κ2) is 9.39. The van der Waals surface area contributed by atoms with Crippen molar-refractivity contribution >= 4 is 29.1 Å². The van der Waals surface area contributed by atoms with Crippen LogP contribution in [0.2, 0.25) is 0 Å². The van der Waals surface area contributed by atoms with Crippen LogP contribution in [0.15, 0.2) is 60.7 Å². The average molecular weight is 459 g/mol. The fourth-order valence-electron chi connectivity index (χ4n) is 3.79. The number of benzene rings is 3. The lowest BCUT2D eigenvalue weighted by molar-refractivity contribution is 0.0925. The molecule has 0 fully saturated rings. The maximum atomic E-state index is 13.1. The number of nitrogens with zero attached hydrogens (tertiary/aromatic N) is 1. The molecular formula is C27H26N2O5. The molecule has 4 rings (SSSR count). The molecule has 7 heteroatoms. The van der Waals surface area contributed by atoms with Gasteiger partial charge >= 0.3 is 0 Å². The van der Waals surface area contributed by atoms with Crippen LogP contribution < -0.4 is 19.7 Å². The minimum Gasteiger partial charge on any atom is -0.494 e. The number of rotatable bonds is 7. The van der Waals surface area contributed by atoms with Crippen LogP contribution in [0.1, 0.15) is 57.4 Å². The molecule has 34 heavy (non-hydrogen) atoms. The van der Waals surface area contributed by atoms with E-state index in [9.17, 15) is 14.4 Å². The number of fused-ring (bicyclic) bond motifs is 1. The molecular weight excluding hydrogens is 432 g/mol. The monoisotopic (exact) mass is 458 g/mol. The number of carbonyl (C=O) groups is 3. The van der Waals surface area contributed by atoms with E-state index in [2.05, 4.69) is 5.32 Å². The van der Waals surface area contributed by atoms with Gasteiger partial charge in [0.1, 0.15) is 11.5 Å². The van der Waals surface area contributed by atoms with Crippen LogP contribution in [-0.4, -0.2) is 30.4 Å². The molecule has 0 atom stereocenters. The van der Waals surface area contributed by atoms with Gasteiger partial charge in [0.05, 0.1) is 29.5 Å². The van der Waals surface area contributed by atoms with Gasteiger partial charge in [0.15, 0.2) is 0 Å². The Bertz CT molecular complexity index is 1260. The van der Waals surface area contributed by atoms with Gasteiger partial charge in [0, 0.05) is 11.3 Å². The zero-order valence-corrected chi connectivity index (χ0v) is 19.5. The highest BCUT2D eigenvalue weighted by atomic mass is 16.5. The first-order chi connectivity index (χ1) is 16.3. The standard InChI is InChI=1S/C27H26N2O5/c1-5-33-20-9-7-19(8-10-20)29-26(31)22-12-6-18(15-23(22)27(29)32)25(30)28-24-13-11-21(14-17(24)4)34-16(2)3/h6-16H,5H2,1-4H3,(H,28,30). The summed E-state index contributed by atoms with van der Waals surface area (Å²) in [5, 5.41) is 2.87. The normalized spacial score (nSPS) is 12.7. The van der Waals surface area contributed by atoms with E-state index >= 15 is 0 Å². The maximum absolute atomic E-state index is 13.1. The van der Waals surface area contributed by atoms with E-state index in [0.29, 0.717) is 23.7 Å². The van der Waals surface area contributed by atoms with Crippen molar-refractivity contribution in [3.05, 3.63) is 82.9 Å². The third-order valence-corrected chi connectivity index (χ3v) is 5.37. The molecule has 1 heterocycles. The lowest BCUT2D eigenvalue weighted by atomic mass is 10.0. The highest BCUT2D eigenvalue weighted by Gasteiger charge is 2.37. The van der Waals surface area contributed by atoms with Crippen LogP contribution in [0.4, 0.5) is 11.4 Å². The third-order valence-electron chi connectivity index (χ3n) is 5.37. The van der Waals surface area contributed by atoms with Gasteiger partial charge in [-0.05, 0) is 93.9 Å².